The summed E-state index contributed by atoms with van der Waals surface area (Å²) in [7, 11) is 0. The minimum atomic E-state index is 0.107. The van der Waals surface area contributed by atoms with Gasteiger partial charge in [0.2, 0.25) is 0 Å². The molecule has 0 bridgehead atoms. The number of thiophene rings is 1. The Morgan fingerprint density at radius 2 is 2.11 bits per heavy atom. The van der Waals surface area contributed by atoms with Crippen molar-refractivity contribution in [3.63, 3.8) is 0 Å². The molecule has 0 amide bonds. The molecule has 0 aliphatic heterocycles. The molecule has 1 unspecified atom stereocenters. The maximum atomic E-state index is 5.84. The topological polar surface area (TPSA) is 13.1 Å². The lowest BCUT2D eigenvalue weighted by Gasteiger charge is -2.06. The van der Waals surface area contributed by atoms with Crippen molar-refractivity contribution >= 4 is 53.3 Å². The Labute approximate surface area is 132 Å². The first-order valence-corrected chi connectivity index (χ1v) is 8.67. The van der Waals surface area contributed by atoms with Crippen LogP contribution in [0.3, 0.4) is 0 Å². The molecule has 0 spiro atoms. The Kier molecular flexibility index (Phi) is 3.83. The molecule has 0 N–H and O–H groups in total. The van der Waals surface area contributed by atoms with Crippen LogP contribution in [0.5, 0.6) is 0 Å². The van der Waals surface area contributed by atoms with Gasteiger partial charge in [-0.1, -0.05) is 35.0 Å². The molecule has 98 valence electrons. The van der Waals surface area contributed by atoms with Gasteiger partial charge in [-0.2, -0.15) is 0 Å². The first-order chi connectivity index (χ1) is 9.20. The number of fused-ring (bicyclic) bond motifs is 1. The molecule has 1 nitrogen and oxygen atoms in total. The highest BCUT2D eigenvalue weighted by Crippen LogP contribution is 2.41. The molecule has 0 saturated heterocycles. The third-order valence-electron chi connectivity index (χ3n) is 3.14. The van der Waals surface area contributed by atoms with Crippen molar-refractivity contribution in [3.05, 3.63) is 57.3 Å². The van der Waals surface area contributed by atoms with Crippen LogP contribution in [-0.4, -0.2) is 0 Å². The second-order valence-electron chi connectivity index (χ2n) is 4.33. The number of hydrogen-bond donors (Lipinski definition) is 0. The first kappa shape index (κ1) is 13.4. The van der Waals surface area contributed by atoms with Crippen LogP contribution in [0.2, 0.25) is 0 Å². The van der Waals surface area contributed by atoms with E-state index in [0.717, 1.165) is 22.4 Å². The number of rotatable bonds is 3. The first-order valence-electron chi connectivity index (χ1n) is 6.09. The van der Waals surface area contributed by atoms with E-state index < -0.39 is 0 Å². The van der Waals surface area contributed by atoms with E-state index in [1.807, 2.05) is 6.07 Å². The number of hydrogen-bond acceptors (Lipinski definition) is 2. The molecule has 1 atom stereocenters. The molecule has 4 heteroatoms. The zero-order valence-corrected chi connectivity index (χ0v) is 14.3. The Morgan fingerprint density at radius 3 is 2.84 bits per heavy atom. The summed E-state index contributed by atoms with van der Waals surface area (Å²) in [5.41, 5.74) is 1.26. The molecular formula is C15H12Br2OS. The predicted octanol–water partition coefficient (Wildman–Crippen LogP) is 6.30. The Hall–Kier alpha value is -0.580. The van der Waals surface area contributed by atoms with Gasteiger partial charge in [-0.15, -0.1) is 11.3 Å². The summed E-state index contributed by atoms with van der Waals surface area (Å²) in [5.74, 6) is 2.00. The lowest BCUT2D eigenvalue weighted by molar-refractivity contribution is 0.477. The smallest absolute Gasteiger partial charge is 0.122 e. The second-order valence-corrected chi connectivity index (χ2v) is 6.98. The maximum absolute atomic E-state index is 5.84. The SMILES string of the molecule is CCc1ccc(C(Br)c2csc3c(Br)cccc23)o1. The molecule has 0 radical (unpaired) electrons. The van der Waals surface area contributed by atoms with Crippen LogP contribution >= 0.6 is 43.2 Å². The number of furan rings is 1. The van der Waals surface area contributed by atoms with Crippen molar-refractivity contribution in [1.82, 2.24) is 0 Å². The van der Waals surface area contributed by atoms with E-state index in [9.17, 15) is 0 Å². The summed E-state index contributed by atoms with van der Waals surface area (Å²) in [5, 5.41) is 3.47. The minimum absolute atomic E-state index is 0.107. The van der Waals surface area contributed by atoms with Crippen LogP contribution in [-0.2, 0) is 6.42 Å². The zero-order chi connectivity index (χ0) is 13.4. The van der Waals surface area contributed by atoms with E-state index in [1.54, 1.807) is 11.3 Å². The van der Waals surface area contributed by atoms with Gasteiger partial charge < -0.3 is 4.42 Å². The summed E-state index contributed by atoms with van der Waals surface area (Å²) in [6.45, 7) is 2.10. The van der Waals surface area contributed by atoms with Gasteiger partial charge in [0.15, 0.2) is 0 Å². The fraction of sp³-hybridized carbons (Fsp3) is 0.200. The van der Waals surface area contributed by atoms with E-state index in [1.165, 1.54) is 15.6 Å². The van der Waals surface area contributed by atoms with Crippen LogP contribution in [0.1, 0.15) is 28.8 Å². The summed E-state index contributed by atoms with van der Waals surface area (Å²) in [6, 6.07) is 10.4. The van der Waals surface area contributed by atoms with Crippen molar-refractivity contribution in [2.75, 3.05) is 0 Å². The normalized spacial score (nSPS) is 13.0. The number of alkyl halides is 1. The van der Waals surface area contributed by atoms with Crippen LogP contribution in [0, 0.1) is 0 Å². The third-order valence-corrected chi connectivity index (χ3v) is 6.05. The second kappa shape index (κ2) is 5.43. The van der Waals surface area contributed by atoms with Crippen molar-refractivity contribution in [1.29, 1.82) is 0 Å². The molecular weight excluding hydrogens is 388 g/mol. The zero-order valence-electron chi connectivity index (χ0n) is 10.3. The minimum Gasteiger partial charge on any atom is -0.465 e. The van der Waals surface area contributed by atoms with E-state index in [2.05, 4.69) is 68.4 Å². The number of halogens is 2. The van der Waals surface area contributed by atoms with E-state index in [-0.39, 0.29) is 4.83 Å². The largest absolute Gasteiger partial charge is 0.465 e. The molecule has 0 aliphatic rings. The third kappa shape index (κ3) is 2.41. The number of benzene rings is 1. The van der Waals surface area contributed by atoms with Gasteiger partial charge in [0.1, 0.15) is 11.5 Å². The van der Waals surface area contributed by atoms with Crippen molar-refractivity contribution in [3.8, 4) is 0 Å². The molecule has 0 aliphatic carbocycles. The van der Waals surface area contributed by atoms with Gasteiger partial charge >= 0.3 is 0 Å². The Bertz CT molecular complexity index is 714. The highest BCUT2D eigenvalue weighted by Gasteiger charge is 2.18. The molecule has 0 saturated carbocycles. The van der Waals surface area contributed by atoms with E-state index in [4.69, 9.17) is 4.42 Å². The van der Waals surface area contributed by atoms with Crippen molar-refractivity contribution in [2.24, 2.45) is 0 Å². The summed E-state index contributed by atoms with van der Waals surface area (Å²) in [6.07, 6.45) is 0.926. The fourth-order valence-corrected chi connectivity index (χ4v) is 4.56. The average molecular weight is 400 g/mol. The maximum Gasteiger partial charge on any atom is 0.122 e. The van der Waals surface area contributed by atoms with Gasteiger partial charge in [-0.3, -0.25) is 0 Å². The summed E-state index contributed by atoms with van der Waals surface area (Å²) >= 11 is 9.12. The van der Waals surface area contributed by atoms with Crippen molar-refractivity contribution < 1.29 is 4.42 Å². The van der Waals surface area contributed by atoms with Gasteiger partial charge in [-0.05, 0) is 50.5 Å². The van der Waals surface area contributed by atoms with Crippen LogP contribution < -0.4 is 0 Å². The van der Waals surface area contributed by atoms with Gasteiger partial charge in [0.25, 0.3) is 0 Å². The standard InChI is InChI=1S/C15H12Br2OS/c1-2-9-6-7-13(18-9)14(17)11-8-19-15-10(11)4-3-5-12(15)16/h3-8,14H,2H2,1H3. The molecule has 0 fully saturated rings. The highest BCUT2D eigenvalue weighted by atomic mass is 79.9. The molecule has 3 aromatic rings. The van der Waals surface area contributed by atoms with Gasteiger partial charge in [-0.25, -0.2) is 0 Å². The lowest BCUT2D eigenvalue weighted by atomic mass is 10.1. The average Bonchev–Trinajstić information content (AvgIpc) is 3.05. The lowest BCUT2D eigenvalue weighted by Crippen LogP contribution is -1.88. The Morgan fingerprint density at radius 1 is 1.26 bits per heavy atom. The quantitative estimate of drug-likeness (QED) is 0.470. The van der Waals surface area contributed by atoms with Crippen molar-refractivity contribution in [2.45, 2.75) is 18.2 Å². The molecule has 1 aromatic carbocycles. The van der Waals surface area contributed by atoms with Gasteiger partial charge in [0, 0.05) is 15.6 Å². The summed E-state index contributed by atoms with van der Waals surface area (Å²) in [4.78, 5) is 0.107. The molecule has 3 rings (SSSR count). The van der Waals surface area contributed by atoms with E-state index in [0.29, 0.717) is 0 Å². The Balaban J connectivity index is 2.06. The monoisotopic (exact) mass is 398 g/mol. The van der Waals surface area contributed by atoms with Crippen LogP contribution in [0.15, 0.2) is 44.6 Å². The molecule has 2 heterocycles. The van der Waals surface area contributed by atoms with Crippen LogP contribution in [0.4, 0.5) is 0 Å². The predicted molar refractivity (Wildman–Crippen MR) is 88.4 cm³/mol. The molecule has 19 heavy (non-hydrogen) atoms. The van der Waals surface area contributed by atoms with Gasteiger partial charge in [0.05, 0.1) is 4.83 Å². The number of aryl methyl sites for hydroxylation is 1. The fourth-order valence-electron chi connectivity index (χ4n) is 2.11. The molecule has 2 aromatic heterocycles. The highest BCUT2D eigenvalue weighted by molar-refractivity contribution is 9.10. The summed E-state index contributed by atoms with van der Waals surface area (Å²) < 4.78 is 8.27. The van der Waals surface area contributed by atoms with Crippen LogP contribution in [0.25, 0.3) is 10.1 Å². The van der Waals surface area contributed by atoms with E-state index >= 15 is 0 Å².